The normalized spacial score (nSPS) is 18.0. The zero-order valence-corrected chi connectivity index (χ0v) is 28.8. The fourth-order valence-corrected chi connectivity index (χ4v) is 7.13. The Bertz CT molecular complexity index is 1730. The third-order valence-electron chi connectivity index (χ3n) is 9.15. The van der Waals surface area contributed by atoms with Crippen LogP contribution in [0.5, 0.6) is 0 Å². The van der Waals surface area contributed by atoms with Gasteiger partial charge in [0, 0.05) is 48.4 Å². The molecule has 5 N–H and O–H groups in total. The van der Waals surface area contributed by atoms with Crippen LogP contribution in [0.3, 0.4) is 0 Å². The Morgan fingerprint density at radius 3 is 2.62 bits per heavy atom. The summed E-state index contributed by atoms with van der Waals surface area (Å²) in [6, 6.07) is 14.4. The lowest BCUT2D eigenvalue weighted by atomic mass is 9.98. The molecule has 2 aromatic carbocycles. The Labute approximate surface area is 282 Å². The van der Waals surface area contributed by atoms with Crippen LogP contribution in [0.4, 0.5) is 4.39 Å². The van der Waals surface area contributed by atoms with Gasteiger partial charge in [-0.3, -0.25) is 14.9 Å². The van der Waals surface area contributed by atoms with Gasteiger partial charge in [-0.2, -0.15) is 4.98 Å². The third kappa shape index (κ3) is 8.69. The lowest BCUT2D eigenvalue weighted by Crippen LogP contribution is -2.41. The molecular formula is C37H49ClFN7O. The van der Waals surface area contributed by atoms with E-state index in [1.54, 1.807) is 23.8 Å². The average molecular weight is 662 g/mol. The Morgan fingerprint density at radius 1 is 1.17 bits per heavy atom. The van der Waals surface area contributed by atoms with E-state index in [-0.39, 0.29) is 11.1 Å². The zero-order chi connectivity index (χ0) is 33.7. The van der Waals surface area contributed by atoms with Gasteiger partial charge in [0.15, 0.2) is 5.82 Å². The maximum absolute atomic E-state index is 15.2. The van der Waals surface area contributed by atoms with Crippen molar-refractivity contribution in [3.63, 3.8) is 0 Å². The number of nitrogens with zero attached hydrogens (tertiary/aromatic N) is 3. The van der Waals surface area contributed by atoms with Crippen LogP contribution in [0.2, 0.25) is 5.02 Å². The van der Waals surface area contributed by atoms with Gasteiger partial charge in [-0.1, -0.05) is 50.4 Å². The number of rotatable bonds is 12. The number of hydrogen-bond donors (Lipinski definition) is 4. The molecule has 4 aromatic rings. The van der Waals surface area contributed by atoms with Gasteiger partial charge >= 0.3 is 5.69 Å². The van der Waals surface area contributed by atoms with Crippen LogP contribution < -0.4 is 16.7 Å². The van der Waals surface area contributed by atoms with Crippen molar-refractivity contribution < 1.29 is 4.39 Å². The van der Waals surface area contributed by atoms with Crippen molar-refractivity contribution in [3.8, 4) is 16.9 Å². The highest BCUT2D eigenvalue weighted by molar-refractivity contribution is 6.31. The van der Waals surface area contributed by atoms with E-state index < -0.39 is 11.5 Å². The third-order valence-corrected chi connectivity index (χ3v) is 9.42. The molecule has 10 heteroatoms. The smallest absolute Gasteiger partial charge is 0.354 e. The number of benzene rings is 2. The highest BCUT2D eigenvalue weighted by atomic mass is 35.5. The minimum Gasteiger partial charge on any atom is -0.374 e. The van der Waals surface area contributed by atoms with Gasteiger partial charge in [-0.25, -0.2) is 9.18 Å². The molecule has 0 radical (unpaired) electrons. The summed E-state index contributed by atoms with van der Waals surface area (Å²) >= 11 is 6.30. The largest absolute Gasteiger partial charge is 0.374 e. The van der Waals surface area contributed by atoms with Crippen molar-refractivity contribution in [2.75, 3.05) is 13.1 Å². The molecule has 0 unspecified atom stereocenters. The summed E-state index contributed by atoms with van der Waals surface area (Å²) in [6.45, 7) is 10.1. The average Bonchev–Trinajstić information content (AvgIpc) is 3.32. The number of H-pyrrole nitrogens is 1. The van der Waals surface area contributed by atoms with Crippen molar-refractivity contribution in [1.82, 2.24) is 24.8 Å². The topological polar surface area (TPSA) is 116 Å². The van der Waals surface area contributed by atoms with Gasteiger partial charge in [-0.15, -0.1) is 0 Å². The van der Waals surface area contributed by atoms with E-state index in [1.807, 2.05) is 31.2 Å². The van der Waals surface area contributed by atoms with Crippen LogP contribution in [-0.2, 0) is 6.42 Å². The lowest BCUT2D eigenvalue weighted by molar-refractivity contribution is 0.112. The molecule has 0 bridgehead atoms. The SMILES string of the molecule is CC(=N)NCC[C@@H]1CCCC[C@@H](c2ccc(-n3cc4cc(-c5cc(CCC[C@H](C)N)cc(Cl)c5F)[nH]c4nc3=O)cc2)N1CC(C)C. The number of nitrogens with two attached hydrogens (primary N) is 1. The molecule has 0 amide bonds. The number of amidine groups is 1. The molecule has 8 nitrogen and oxygen atoms in total. The molecule has 2 aromatic heterocycles. The number of aryl methyl sites for hydroxylation is 1. The molecule has 47 heavy (non-hydrogen) atoms. The van der Waals surface area contributed by atoms with Crippen LogP contribution in [0.15, 0.2) is 53.5 Å². The van der Waals surface area contributed by atoms with Crippen molar-refractivity contribution in [2.45, 2.75) is 97.2 Å². The van der Waals surface area contributed by atoms with E-state index in [2.05, 4.69) is 46.2 Å². The van der Waals surface area contributed by atoms with Crippen molar-refractivity contribution in [2.24, 2.45) is 11.7 Å². The summed E-state index contributed by atoms with van der Waals surface area (Å²) in [4.78, 5) is 23.4. The van der Waals surface area contributed by atoms with Gasteiger partial charge in [0.05, 0.1) is 22.2 Å². The number of aromatic amines is 1. The Morgan fingerprint density at radius 2 is 1.91 bits per heavy atom. The summed E-state index contributed by atoms with van der Waals surface area (Å²) in [6.07, 6.45) is 9.88. The first-order valence-electron chi connectivity index (χ1n) is 17.0. The van der Waals surface area contributed by atoms with E-state index in [0.29, 0.717) is 46.1 Å². The van der Waals surface area contributed by atoms with E-state index in [0.717, 1.165) is 62.9 Å². The quantitative estimate of drug-likeness (QED) is 0.0915. The molecule has 0 spiro atoms. The van der Waals surface area contributed by atoms with Gasteiger partial charge < -0.3 is 16.0 Å². The van der Waals surface area contributed by atoms with Crippen molar-refractivity contribution in [1.29, 1.82) is 5.41 Å². The monoisotopic (exact) mass is 661 g/mol. The van der Waals surface area contributed by atoms with Crippen LogP contribution >= 0.6 is 11.6 Å². The van der Waals surface area contributed by atoms with Crippen molar-refractivity contribution >= 4 is 28.5 Å². The number of nitrogens with one attached hydrogen (secondary N) is 3. The number of hydrogen-bond acceptors (Lipinski definition) is 5. The second-order valence-corrected chi connectivity index (χ2v) is 14.1. The fraction of sp³-hybridized carbons (Fsp3) is 0.486. The van der Waals surface area contributed by atoms with Gasteiger partial charge in [-0.05, 0) is 99.7 Å². The van der Waals surface area contributed by atoms with E-state index in [1.165, 1.54) is 18.4 Å². The predicted octanol–water partition coefficient (Wildman–Crippen LogP) is 7.76. The highest BCUT2D eigenvalue weighted by Crippen LogP contribution is 2.36. The van der Waals surface area contributed by atoms with Gasteiger partial charge in [0.25, 0.3) is 0 Å². The van der Waals surface area contributed by atoms with E-state index in [9.17, 15) is 4.79 Å². The molecule has 252 valence electrons. The summed E-state index contributed by atoms with van der Waals surface area (Å²) in [5, 5.41) is 11.7. The molecule has 1 saturated heterocycles. The number of fused-ring (bicyclic) bond motifs is 1. The van der Waals surface area contributed by atoms with Gasteiger partial charge in [0.2, 0.25) is 0 Å². The van der Waals surface area contributed by atoms with E-state index in [4.69, 9.17) is 22.7 Å². The molecule has 5 rings (SSSR count). The lowest BCUT2D eigenvalue weighted by Gasteiger charge is -2.38. The molecule has 3 heterocycles. The van der Waals surface area contributed by atoms with Crippen LogP contribution in [0, 0.1) is 17.1 Å². The molecule has 1 aliphatic rings. The van der Waals surface area contributed by atoms with Gasteiger partial charge in [0.1, 0.15) is 5.65 Å². The Hall–Kier alpha value is -3.53. The number of aromatic nitrogens is 3. The standard InChI is InChI=1S/C37H49ClFN7O/c1-23(2)21-45-29(16-17-42-25(4)41)10-5-6-11-34(45)27-12-14-30(15-13-27)46-22-28-20-33(43-36(28)44-37(46)47)31-18-26(9-7-8-24(3)40)19-32(38)35(31)39/h12-15,18-20,22-24,29,34H,5-11,16-17,21,40H2,1-4H3,(H2,41,42)(H,43,44,47)/t24-,29-,34-/m0/s1. The molecule has 0 saturated carbocycles. The first-order valence-corrected chi connectivity index (χ1v) is 17.4. The van der Waals surface area contributed by atoms with Crippen LogP contribution in [0.25, 0.3) is 28.0 Å². The Balaban J connectivity index is 1.41. The van der Waals surface area contributed by atoms with Crippen LogP contribution in [0.1, 0.15) is 89.8 Å². The fourth-order valence-electron chi connectivity index (χ4n) is 6.89. The molecule has 0 aliphatic carbocycles. The highest BCUT2D eigenvalue weighted by Gasteiger charge is 2.30. The molecule has 3 atom stereocenters. The van der Waals surface area contributed by atoms with Crippen molar-refractivity contribution in [3.05, 3.63) is 81.1 Å². The number of halogens is 2. The maximum atomic E-state index is 15.2. The zero-order valence-electron chi connectivity index (χ0n) is 28.1. The van der Waals surface area contributed by atoms with Crippen LogP contribution in [-0.4, -0.2) is 50.4 Å². The first-order chi connectivity index (χ1) is 22.5. The second-order valence-electron chi connectivity index (χ2n) is 13.7. The predicted molar refractivity (Wildman–Crippen MR) is 191 cm³/mol. The summed E-state index contributed by atoms with van der Waals surface area (Å²) in [5.74, 6) is 0.534. The summed E-state index contributed by atoms with van der Waals surface area (Å²) in [7, 11) is 0. The minimum atomic E-state index is -0.506. The summed E-state index contributed by atoms with van der Waals surface area (Å²) in [5.41, 5.74) is 9.67. The first kappa shape index (κ1) is 34.8. The molecular weight excluding hydrogens is 613 g/mol. The summed E-state index contributed by atoms with van der Waals surface area (Å²) < 4.78 is 16.8. The van der Waals surface area contributed by atoms with E-state index >= 15 is 4.39 Å². The molecule has 1 aliphatic heterocycles. The maximum Gasteiger partial charge on any atom is 0.354 e. The Kier molecular flexibility index (Phi) is 11.5. The minimum absolute atomic E-state index is 0.0645. The number of likely N-dealkylation sites (tertiary alicyclic amines) is 1. The molecule has 1 fully saturated rings. The second kappa shape index (κ2) is 15.6.